The fourth-order valence-corrected chi connectivity index (χ4v) is 3.14. The number of hydrogen-bond acceptors (Lipinski definition) is 6. The molecule has 0 saturated carbocycles. The SMILES string of the molecule is O=C(Cc1cccs1)NCCc1nnc(-c2cccs2)o1. The third-order valence-electron chi connectivity index (χ3n) is 2.77. The summed E-state index contributed by atoms with van der Waals surface area (Å²) in [6.07, 6.45) is 0.955. The number of nitrogens with zero attached hydrogens (tertiary/aromatic N) is 2. The summed E-state index contributed by atoms with van der Waals surface area (Å²) in [7, 11) is 0. The summed E-state index contributed by atoms with van der Waals surface area (Å²) in [6, 6.07) is 7.77. The predicted molar refractivity (Wildman–Crippen MR) is 82.3 cm³/mol. The summed E-state index contributed by atoms with van der Waals surface area (Å²) < 4.78 is 5.55. The average molecular weight is 319 g/mol. The molecule has 0 radical (unpaired) electrons. The van der Waals surface area contributed by atoms with Crippen molar-refractivity contribution >= 4 is 28.6 Å². The smallest absolute Gasteiger partial charge is 0.257 e. The van der Waals surface area contributed by atoms with E-state index in [1.54, 1.807) is 22.7 Å². The molecule has 0 aliphatic heterocycles. The highest BCUT2D eigenvalue weighted by atomic mass is 32.1. The second-order valence-corrected chi connectivity index (χ2v) is 6.31. The molecule has 7 heteroatoms. The summed E-state index contributed by atoms with van der Waals surface area (Å²) in [5.74, 6) is 1.08. The minimum absolute atomic E-state index is 0.00967. The molecular formula is C14H13N3O2S2. The van der Waals surface area contributed by atoms with Crippen molar-refractivity contribution in [1.29, 1.82) is 0 Å². The second-order valence-electron chi connectivity index (χ2n) is 4.33. The van der Waals surface area contributed by atoms with Crippen molar-refractivity contribution in [3.8, 4) is 10.8 Å². The Kier molecular flexibility index (Phi) is 4.42. The molecule has 0 bridgehead atoms. The molecule has 21 heavy (non-hydrogen) atoms. The van der Waals surface area contributed by atoms with Crippen molar-refractivity contribution in [1.82, 2.24) is 15.5 Å². The highest BCUT2D eigenvalue weighted by Gasteiger charge is 2.10. The van der Waals surface area contributed by atoms with E-state index in [9.17, 15) is 4.79 Å². The molecule has 3 aromatic rings. The molecule has 0 fully saturated rings. The maximum absolute atomic E-state index is 11.7. The molecular weight excluding hydrogens is 306 g/mol. The Balaban J connectivity index is 1.46. The van der Waals surface area contributed by atoms with Gasteiger partial charge in [0.25, 0.3) is 5.89 Å². The van der Waals surface area contributed by atoms with E-state index in [-0.39, 0.29) is 5.91 Å². The number of nitrogens with one attached hydrogen (secondary N) is 1. The molecule has 0 aliphatic rings. The van der Waals surface area contributed by atoms with Crippen LogP contribution in [0.4, 0.5) is 0 Å². The topological polar surface area (TPSA) is 68.0 Å². The van der Waals surface area contributed by atoms with Crippen LogP contribution in [0.2, 0.25) is 0 Å². The largest absolute Gasteiger partial charge is 0.420 e. The highest BCUT2D eigenvalue weighted by Crippen LogP contribution is 2.22. The minimum Gasteiger partial charge on any atom is -0.420 e. The predicted octanol–water partition coefficient (Wildman–Crippen LogP) is 2.76. The van der Waals surface area contributed by atoms with Crippen LogP contribution in [0.3, 0.4) is 0 Å². The highest BCUT2D eigenvalue weighted by molar-refractivity contribution is 7.13. The lowest BCUT2D eigenvalue weighted by molar-refractivity contribution is -0.120. The van der Waals surface area contributed by atoms with Gasteiger partial charge in [0, 0.05) is 17.8 Å². The molecule has 5 nitrogen and oxygen atoms in total. The zero-order chi connectivity index (χ0) is 14.5. The first kappa shape index (κ1) is 14.0. The van der Waals surface area contributed by atoms with E-state index in [0.29, 0.717) is 31.2 Å². The molecule has 0 atom stereocenters. The molecule has 108 valence electrons. The van der Waals surface area contributed by atoms with Crippen LogP contribution in [0.5, 0.6) is 0 Å². The number of thiophene rings is 2. The van der Waals surface area contributed by atoms with E-state index in [1.165, 1.54) is 0 Å². The van der Waals surface area contributed by atoms with Gasteiger partial charge >= 0.3 is 0 Å². The molecule has 0 aromatic carbocycles. The number of rotatable bonds is 6. The van der Waals surface area contributed by atoms with Gasteiger partial charge in [-0.2, -0.15) is 0 Å². The van der Waals surface area contributed by atoms with Crippen molar-refractivity contribution < 1.29 is 9.21 Å². The van der Waals surface area contributed by atoms with Gasteiger partial charge in [-0.25, -0.2) is 0 Å². The van der Waals surface area contributed by atoms with Crippen molar-refractivity contribution in [2.75, 3.05) is 6.54 Å². The van der Waals surface area contributed by atoms with Gasteiger partial charge in [0.1, 0.15) is 0 Å². The van der Waals surface area contributed by atoms with Gasteiger partial charge < -0.3 is 9.73 Å². The molecule has 1 N–H and O–H groups in total. The molecule has 1 amide bonds. The van der Waals surface area contributed by atoms with Crippen LogP contribution in [0.25, 0.3) is 10.8 Å². The maximum atomic E-state index is 11.7. The van der Waals surface area contributed by atoms with E-state index < -0.39 is 0 Å². The Labute approximate surface area is 129 Å². The Bertz CT molecular complexity index is 690. The maximum Gasteiger partial charge on any atom is 0.257 e. The van der Waals surface area contributed by atoms with Crippen LogP contribution in [0.15, 0.2) is 39.4 Å². The molecule has 3 rings (SSSR count). The fourth-order valence-electron chi connectivity index (χ4n) is 1.80. The van der Waals surface area contributed by atoms with Gasteiger partial charge in [-0.05, 0) is 22.9 Å². The van der Waals surface area contributed by atoms with Gasteiger partial charge in [-0.3, -0.25) is 4.79 Å². The summed E-state index contributed by atoms with van der Waals surface area (Å²) in [4.78, 5) is 13.7. The van der Waals surface area contributed by atoms with E-state index in [2.05, 4.69) is 15.5 Å². The molecule has 0 aliphatic carbocycles. The van der Waals surface area contributed by atoms with Gasteiger partial charge in [-0.15, -0.1) is 32.9 Å². The van der Waals surface area contributed by atoms with Crippen LogP contribution < -0.4 is 5.32 Å². The summed E-state index contributed by atoms with van der Waals surface area (Å²) in [5, 5.41) is 14.8. The normalized spacial score (nSPS) is 10.7. The third kappa shape index (κ3) is 3.77. The fraction of sp³-hybridized carbons (Fsp3) is 0.214. The van der Waals surface area contributed by atoms with Gasteiger partial charge in [0.15, 0.2) is 0 Å². The Morgan fingerprint density at radius 2 is 2.05 bits per heavy atom. The zero-order valence-electron chi connectivity index (χ0n) is 11.1. The summed E-state index contributed by atoms with van der Waals surface area (Å²) >= 11 is 3.14. The number of carbonyl (C=O) groups is 1. The van der Waals surface area contributed by atoms with Crippen molar-refractivity contribution in [2.45, 2.75) is 12.8 Å². The number of amides is 1. The summed E-state index contributed by atoms with van der Waals surface area (Å²) in [5.41, 5.74) is 0. The van der Waals surface area contributed by atoms with Crippen LogP contribution in [-0.2, 0) is 17.6 Å². The van der Waals surface area contributed by atoms with Crippen molar-refractivity contribution in [2.24, 2.45) is 0 Å². The van der Waals surface area contributed by atoms with E-state index in [4.69, 9.17) is 4.42 Å². The van der Waals surface area contributed by atoms with Gasteiger partial charge in [0.05, 0.1) is 11.3 Å². The Morgan fingerprint density at radius 3 is 2.81 bits per heavy atom. The first-order valence-electron chi connectivity index (χ1n) is 6.46. The third-order valence-corrected chi connectivity index (χ3v) is 4.51. The van der Waals surface area contributed by atoms with E-state index >= 15 is 0 Å². The van der Waals surface area contributed by atoms with Gasteiger partial charge in [-0.1, -0.05) is 12.1 Å². The monoisotopic (exact) mass is 319 g/mol. The minimum atomic E-state index is 0.00967. The number of hydrogen-bond donors (Lipinski definition) is 1. The van der Waals surface area contributed by atoms with Gasteiger partial charge in [0.2, 0.25) is 11.8 Å². The molecule has 0 unspecified atom stereocenters. The Morgan fingerprint density at radius 1 is 1.19 bits per heavy atom. The van der Waals surface area contributed by atoms with E-state index in [0.717, 1.165) is 9.75 Å². The second kappa shape index (κ2) is 6.64. The van der Waals surface area contributed by atoms with Crippen LogP contribution in [0, 0.1) is 0 Å². The lowest BCUT2D eigenvalue weighted by Crippen LogP contribution is -2.27. The first-order chi connectivity index (χ1) is 10.3. The molecule has 3 aromatic heterocycles. The first-order valence-corrected chi connectivity index (χ1v) is 8.22. The lowest BCUT2D eigenvalue weighted by atomic mass is 10.3. The Hall–Kier alpha value is -1.99. The van der Waals surface area contributed by atoms with Crippen LogP contribution >= 0.6 is 22.7 Å². The number of aromatic nitrogens is 2. The molecule has 0 saturated heterocycles. The zero-order valence-corrected chi connectivity index (χ0v) is 12.7. The summed E-state index contributed by atoms with van der Waals surface area (Å²) in [6.45, 7) is 0.496. The van der Waals surface area contributed by atoms with Crippen molar-refractivity contribution in [3.05, 3.63) is 45.8 Å². The number of carbonyl (C=O) groups excluding carboxylic acids is 1. The van der Waals surface area contributed by atoms with Crippen LogP contribution in [-0.4, -0.2) is 22.6 Å². The van der Waals surface area contributed by atoms with E-state index in [1.807, 2.05) is 35.0 Å². The lowest BCUT2D eigenvalue weighted by Gasteiger charge is -2.01. The molecule has 0 spiro atoms. The quantitative estimate of drug-likeness (QED) is 0.758. The van der Waals surface area contributed by atoms with Crippen molar-refractivity contribution in [3.63, 3.8) is 0 Å². The molecule has 3 heterocycles. The standard InChI is InChI=1S/C14H13N3O2S2/c18-12(9-10-3-1-7-20-10)15-6-5-13-16-17-14(19-13)11-4-2-8-21-11/h1-4,7-8H,5-6,9H2,(H,15,18). The van der Waals surface area contributed by atoms with Crippen LogP contribution in [0.1, 0.15) is 10.8 Å². The average Bonchev–Trinajstić information content (AvgIpc) is 3.21.